The molecule has 23 heavy (non-hydrogen) atoms. The second-order valence-electron chi connectivity index (χ2n) is 6.05. The third-order valence-corrected chi connectivity index (χ3v) is 5.47. The van der Waals surface area contributed by atoms with Gasteiger partial charge in [0.25, 0.3) is 0 Å². The van der Waals surface area contributed by atoms with Gasteiger partial charge in [0, 0.05) is 21.4 Å². The number of fused-ring (bicyclic) bond motifs is 2. The lowest BCUT2D eigenvalue weighted by Crippen LogP contribution is -2.56. The lowest BCUT2D eigenvalue weighted by Gasteiger charge is -2.46. The predicted molar refractivity (Wildman–Crippen MR) is 97.8 cm³/mol. The smallest absolute Gasteiger partial charge is 0.128 e. The van der Waals surface area contributed by atoms with Crippen molar-refractivity contribution in [3.05, 3.63) is 47.5 Å². The molecule has 0 amide bonds. The normalized spacial score (nSPS) is 15.1. The molecule has 2 aromatic rings. The SMILES string of the molecule is CCOC(N)C(C)(C)N1c2ccccc2Sc2ccc(Cl)cc21. The highest BCUT2D eigenvalue weighted by Gasteiger charge is 2.39. The number of nitrogens with two attached hydrogens (primary N) is 1. The van der Waals surface area contributed by atoms with Gasteiger partial charge in [-0.05, 0) is 51.1 Å². The van der Waals surface area contributed by atoms with E-state index in [1.165, 1.54) is 9.79 Å². The van der Waals surface area contributed by atoms with E-state index in [2.05, 4.69) is 43.0 Å². The quantitative estimate of drug-likeness (QED) is 0.785. The molecule has 1 heterocycles. The van der Waals surface area contributed by atoms with Crippen molar-refractivity contribution >= 4 is 34.7 Å². The van der Waals surface area contributed by atoms with Gasteiger partial charge in [-0.2, -0.15) is 0 Å². The molecule has 2 aromatic carbocycles. The Balaban J connectivity index is 2.17. The Morgan fingerprint density at radius 2 is 1.87 bits per heavy atom. The molecule has 0 fully saturated rings. The maximum atomic E-state index is 6.34. The molecule has 5 heteroatoms. The molecule has 1 unspecified atom stereocenters. The van der Waals surface area contributed by atoms with E-state index >= 15 is 0 Å². The summed E-state index contributed by atoms with van der Waals surface area (Å²) in [4.78, 5) is 4.63. The molecule has 2 N–H and O–H groups in total. The summed E-state index contributed by atoms with van der Waals surface area (Å²) in [6.45, 7) is 6.74. The van der Waals surface area contributed by atoms with Crippen LogP contribution in [0.4, 0.5) is 11.4 Å². The summed E-state index contributed by atoms with van der Waals surface area (Å²) in [7, 11) is 0. The van der Waals surface area contributed by atoms with E-state index in [1.54, 1.807) is 11.8 Å². The summed E-state index contributed by atoms with van der Waals surface area (Å²) < 4.78 is 5.72. The van der Waals surface area contributed by atoms with E-state index in [9.17, 15) is 0 Å². The molecule has 0 aliphatic carbocycles. The maximum Gasteiger partial charge on any atom is 0.128 e. The number of ether oxygens (including phenoxy) is 1. The van der Waals surface area contributed by atoms with Crippen LogP contribution in [0.5, 0.6) is 0 Å². The van der Waals surface area contributed by atoms with Gasteiger partial charge in [-0.15, -0.1) is 0 Å². The second kappa shape index (κ2) is 6.36. The molecule has 3 nitrogen and oxygen atoms in total. The van der Waals surface area contributed by atoms with E-state index in [4.69, 9.17) is 22.1 Å². The zero-order valence-corrected chi connectivity index (χ0v) is 15.1. The van der Waals surface area contributed by atoms with Gasteiger partial charge < -0.3 is 15.4 Å². The van der Waals surface area contributed by atoms with E-state index in [1.807, 2.05) is 25.1 Å². The molecule has 1 atom stereocenters. The summed E-state index contributed by atoms with van der Waals surface area (Å²) >= 11 is 8.02. The van der Waals surface area contributed by atoms with E-state index < -0.39 is 11.8 Å². The molecule has 3 rings (SSSR count). The van der Waals surface area contributed by atoms with Crippen LogP contribution in [0.2, 0.25) is 5.02 Å². The van der Waals surface area contributed by atoms with Gasteiger partial charge in [-0.25, -0.2) is 0 Å². The number of rotatable bonds is 4. The average molecular weight is 349 g/mol. The molecule has 1 aliphatic heterocycles. The Kier molecular flexibility index (Phi) is 4.61. The van der Waals surface area contributed by atoms with Gasteiger partial charge in [0.2, 0.25) is 0 Å². The lowest BCUT2D eigenvalue weighted by atomic mass is 9.97. The van der Waals surface area contributed by atoms with Crippen molar-refractivity contribution in [2.75, 3.05) is 11.5 Å². The molecule has 0 saturated heterocycles. The zero-order valence-electron chi connectivity index (χ0n) is 13.5. The average Bonchev–Trinajstić information content (AvgIpc) is 2.52. The van der Waals surface area contributed by atoms with Crippen LogP contribution < -0.4 is 10.6 Å². The Hall–Kier alpha value is -1.20. The van der Waals surface area contributed by atoms with Gasteiger partial charge in [0.05, 0.1) is 16.9 Å². The number of halogens is 1. The summed E-state index contributed by atoms with van der Waals surface area (Å²) in [5, 5.41) is 0.717. The van der Waals surface area contributed by atoms with Crippen molar-refractivity contribution < 1.29 is 4.74 Å². The number of hydrogen-bond acceptors (Lipinski definition) is 4. The van der Waals surface area contributed by atoms with Gasteiger partial charge >= 0.3 is 0 Å². The van der Waals surface area contributed by atoms with Crippen LogP contribution in [0.3, 0.4) is 0 Å². The summed E-state index contributed by atoms with van der Waals surface area (Å²) in [6, 6.07) is 14.3. The summed E-state index contributed by atoms with van der Waals surface area (Å²) in [6.07, 6.45) is -0.421. The minimum Gasteiger partial charge on any atom is -0.361 e. The van der Waals surface area contributed by atoms with Crippen LogP contribution in [0.25, 0.3) is 0 Å². The van der Waals surface area contributed by atoms with Crippen molar-refractivity contribution in [3.8, 4) is 0 Å². The Bertz CT molecular complexity index is 720. The molecule has 122 valence electrons. The third-order valence-electron chi connectivity index (χ3n) is 4.11. The zero-order chi connectivity index (χ0) is 16.6. The fraction of sp³-hybridized carbons (Fsp3) is 0.333. The minimum absolute atomic E-state index is 0.421. The summed E-state index contributed by atoms with van der Waals surface area (Å²) in [5.41, 5.74) is 8.12. The molecule has 1 aliphatic rings. The lowest BCUT2D eigenvalue weighted by molar-refractivity contribution is 0.0222. The largest absolute Gasteiger partial charge is 0.361 e. The van der Waals surface area contributed by atoms with E-state index in [0.29, 0.717) is 6.61 Å². The van der Waals surface area contributed by atoms with E-state index in [0.717, 1.165) is 16.4 Å². The van der Waals surface area contributed by atoms with Gasteiger partial charge in [0.15, 0.2) is 0 Å². The molecule has 0 spiro atoms. The topological polar surface area (TPSA) is 38.5 Å². The highest BCUT2D eigenvalue weighted by Crippen LogP contribution is 2.51. The van der Waals surface area contributed by atoms with Gasteiger partial charge in [-0.1, -0.05) is 35.5 Å². The van der Waals surface area contributed by atoms with Crippen molar-refractivity contribution in [2.24, 2.45) is 5.73 Å². The third kappa shape index (κ3) is 2.96. The van der Waals surface area contributed by atoms with Crippen molar-refractivity contribution in [1.29, 1.82) is 0 Å². The van der Waals surface area contributed by atoms with Crippen LogP contribution in [-0.2, 0) is 4.74 Å². The number of nitrogens with zero attached hydrogens (tertiary/aromatic N) is 1. The highest BCUT2D eigenvalue weighted by atomic mass is 35.5. The number of hydrogen-bond donors (Lipinski definition) is 1. The fourth-order valence-corrected chi connectivity index (χ4v) is 4.06. The fourth-order valence-electron chi connectivity index (χ4n) is 2.86. The Labute approximate surface area is 146 Å². The number of benzene rings is 2. The standard InChI is InChI=1S/C18H21ClN2OS/c1-4-22-17(20)18(2,3)21-13-7-5-6-8-15(13)23-16-10-9-12(19)11-14(16)21/h5-11,17H,4,20H2,1-3H3. The first-order chi connectivity index (χ1) is 10.9. The van der Waals surface area contributed by atoms with Crippen LogP contribution in [-0.4, -0.2) is 18.4 Å². The molecular formula is C18H21ClN2OS. The van der Waals surface area contributed by atoms with Crippen LogP contribution in [0.15, 0.2) is 52.3 Å². The van der Waals surface area contributed by atoms with Gasteiger partial charge in [-0.3, -0.25) is 0 Å². The minimum atomic E-state index is -0.424. The molecule has 0 aromatic heterocycles. The molecule has 0 saturated carbocycles. The van der Waals surface area contributed by atoms with Gasteiger partial charge in [0.1, 0.15) is 6.23 Å². The number of para-hydroxylation sites is 1. The van der Waals surface area contributed by atoms with Crippen molar-refractivity contribution in [3.63, 3.8) is 0 Å². The maximum absolute atomic E-state index is 6.34. The molecular weight excluding hydrogens is 328 g/mol. The Morgan fingerprint density at radius 3 is 2.61 bits per heavy atom. The second-order valence-corrected chi connectivity index (χ2v) is 7.57. The first-order valence-electron chi connectivity index (χ1n) is 7.69. The highest BCUT2D eigenvalue weighted by molar-refractivity contribution is 7.99. The van der Waals surface area contributed by atoms with Crippen LogP contribution in [0.1, 0.15) is 20.8 Å². The van der Waals surface area contributed by atoms with Crippen LogP contribution >= 0.6 is 23.4 Å². The first-order valence-corrected chi connectivity index (χ1v) is 8.88. The molecule has 0 bridgehead atoms. The van der Waals surface area contributed by atoms with E-state index in [-0.39, 0.29) is 0 Å². The first kappa shape index (κ1) is 16.7. The number of anilines is 2. The van der Waals surface area contributed by atoms with Crippen molar-refractivity contribution in [2.45, 2.75) is 42.3 Å². The Morgan fingerprint density at radius 1 is 1.17 bits per heavy atom. The summed E-state index contributed by atoms with van der Waals surface area (Å²) in [5.74, 6) is 0. The monoisotopic (exact) mass is 348 g/mol. The molecule has 0 radical (unpaired) electrons. The van der Waals surface area contributed by atoms with Crippen molar-refractivity contribution in [1.82, 2.24) is 0 Å². The predicted octanol–water partition coefficient (Wildman–Crippen LogP) is 5.04. The van der Waals surface area contributed by atoms with Crippen LogP contribution in [0, 0.1) is 0 Å².